The van der Waals surface area contributed by atoms with E-state index in [1.807, 2.05) is 54.1 Å². The molecule has 2 amide bonds. The fraction of sp³-hybridized carbons (Fsp3) is 0.0909. The van der Waals surface area contributed by atoms with Crippen molar-refractivity contribution in [1.29, 1.82) is 0 Å². The number of aryl methyl sites for hydroxylation is 1. The molecule has 2 aromatic carbocycles. The molecule has 2 heterocycles. The Balaban J connectivity index is 1.63. The Morgan fingerprint density at radius 1 is 0.964 bits per heavy atom. The Hall–Kier alpha value is -3.25. The average Bonchev–Trinajstić information content (AvgIpc) is 3.21. The molecule has 140 valence electrons. The topological polar surface area (TPSA) is 51.5 Å². The van der Waals surface area contributed by atoms with Gasteiger partial charge in [-0.05, 0) is 72.8 Å². The Kier molecular flexibility index (Phi) is 4.79. The average molecular weight is 390 g/mol. The molecule has 0 spiro atoms. The SMILES string of the molecule is COc1ccc(-n2cc(/C=C3/SC(=O)N(c4ccccc4)C3=O)cc2C)cc1. The van der Waals surface area contributed by atoms with Gasteiger partial charge in [-0.15, -0.1) is 0 Å². The Morgan fingerprint density at radius 2 is 1.68 bits per heavy atom. The lowest BCUT2D eigenvalue weighted by Gasteiger charge is -2.11. The van der Waals surface area contributed by atoms with Crippen LogP contribution in [0.5, 0.6) is 5.75 Å². The molecule has 0 atom stereocenters. The maximum atomic E-state index is 12.7. The lowest BCUT2D eigenvalue weighted by Crippen LogP contribution is -2.27. The molecular weight excluding hydrogens is 372 g/mol. The number of benzene rings is 2. The lowest BCUT2D eigenvalue weighted by atomic mass is 10.2. The van der Waals surface area contributed by atoms with Gasteiger partial charge >= 0.3 is 0 Å². The maximum Gasteiger partial charge on any atom is 0.298 e. The number of amides is 2. The molecule has 1 aliphatic heterocycles. The largest absolute Gasteiger partial charge is 0.497 e. The normalized spacial score (nSPS) is 15.5. The summed E-state index contributed by atoms with van der Waals surface area (Å²) in [4.78, 5) is 26.7. The Bertz CT molecular complexity index is 1070. The van der Waals surface area contributed by atoms with Crippen LogP contribution >= 0.6 is 11.8 Å². The predicted molar refractivity (Wildman–Crippen MR) is 112 cm³/mol. The molecule has 0 radical (unpaired) electrons. The van der Waals surface area contributed by atoms with E-state index >= 15 is 0 Å². The van der Waals surface area contributed by atoms with Crippen LogP contribution in [0.25, 0.3) is 11.8 Å². The number of hydrogen-bond donors (Lipinski definition) is 0. The molecule has 0 saturated carbocycles. The minimum absolute atomic E-state index is 0.284. The zero-order valence-electron chi connectivity index (χ0n) is 15.5. The van der Waals surface area contributed by atoms with E-state index in [1.165, 1.54) is 4.90 Å². The smallest absolute Gasteiger partial charge is 0.298 e. The van der Waals surface area contributed by atoms with Crippen LogP contribution in [0.4, 0.5) is 10.5 Å². The fourth-order valence-electron chi connectivity index (χ4n) is 3.12. The molecule has 5 nitrogen and oxygen atoms in total. The second kappa shape index (κ2) is 7.40. The third-order valence-electron chi connectivity index (χ3n) is 4.49. The number of hydrogen-bond acceptors (Lipinski definition) is 4. The van der Waals surface area contributed by atoms with E-state index in [-0.39, 0.29) is 11.1 Å². The number of anilines is 1. The summed E-state index contributed by atoms with van der Waals surface area (Å²) in [6.07, 6.45) is 3.72. The van der Waals surface area contributed by atoms with Crippen LogP contribution in [0.2, 0.25) is 0 Å². The Labute approximate surface area is 167 Å². The molecule has 1 fully saturated rings. The first kappa shape index (κ1) is 18.1. The summed E-state index contributed by atoms with van der Waals surface area (Å²) in [7, 11) is 1.64. The van der Waals surface area contributed by atoms with E-state index in [1.54, 1.807) is 37.5 Å². The third-order valence-corrected chi connectivity index (χ3v) is 5.36. The van der Waals surface area contributed by atoms with Gasteiger partial charge in [0.15, 0.2) is 0 Å². The van der Waals surface area contributed by atoms with Crippen LogP contribution in [0.3, 0.4) is 0 Å². The molecule has 0 bridgehead atoms. The van der Waals surface area contributed by atoms with E-state index in [9.17, 15) is 9.59 Å². The molecule has 4 rings (SSSR count). The van der Waals surface area contributed by atoms with Crippen molar-refractivity contribution in [3.63, 3.8) is 0 Å². The molecular formula is C22H18N2O3S. The fourth-order valence-corrected chi connectivity index (χ4v) is 3.96. The second-order valence-corrected chi connectivity index (χ2v) is 7.33. The number of carbonyl (C=O) groups is 2. The summed E-state index contributed by atoms with van der Waals surface area (Å²) in [6.45, 7) is 2.00. The van der Waals surface area contributed by atoms with E-state index in [2.05, 4.69) is 0 Å². The summed E-state index contributed by atoms with van der Waals surface area (Å²) in [5.41, 5.74) is 3.47. The lowest BCUT2D eigenvalue weighted by molar-refractivity contribution is -0.113. The second-order valence-electron chi connectivity index (χ2n) is 6.34. The van der Waals surface area contributed by atoms with Crippen LogP contribution in [0.1, 0.15) is 11.3 Å². The van der Waals surface area contributed by atoms with Gasteiger partial charge in [-0.1, -0.05) is 18.2 Å². The van der Waals surface area contributed by atoms with E-state index < -0.39 is 0 Å². The molecule has 28 heavy (non-hydrogen) atoms. The predicted octanol–water partition coefficient (Wildman–Crippen LogP) is 5.04. The highest BCUT2D eigenvalue weighted by molar-refractivity contribution is 8.19. The first-order chi connectivity index (χ1) is 13.6. The number of nitrogens with zero attached hydrogens (tertiary/aromatic N) is 2. The zero-order chi connectivity index (χ0) is 19.7. The molecule has 0 aliphatic carbocycles. The van der Waals surface area contributed by atoms with Crippen molar-refractivity contribution in [2.45, 2.75) is 6.92 Å². The molecule has 3 aromatic rings. The van der Waals surface area contributed by atoms with Crippen molar-refractivity contribution >= 4 is 34.7 Å². The number of thioether (sulfide) groups is 1. The monoisotopic (exact) mass is 390 g/mol. The molecule has 1 aromatic heterocycles. The number of ether oxygens (including phenoxy) is 1. The summed E-state index contributed by atoms with van der Waals surface area (Å²) in [6, 6.07) is 18.7. The summed E-state index contributed by atoms with van der Waals surface area (Å²) >= 11 is 0.960. The van der Waals surface area contributed by atoms with Crippen molar-refractivity contribution in [2.75, 3.05) is 12.0 Å². The van der Waals surface area contributed by atoms with Crippen LogP contribution in [-0.4, -0.2) is 22.8 Å². The maximum absolute atomic E-state index is 12.7. The van der Waals surface area contributed by atoms with Gasteiger partial charge < -0.3 is 9.30 Å². The number of methoxy groups -OCH3 is 1. The van der Waals surface area contributed by atoms with Crippen molar-refractivity contribution < 1.29 is 14.3 Å². The zero-order valence-corrected chi connectivity index (χ0v) is 16.3. The van der Waals surface area contributed by atoms with Gasteiger partial charge in [0.25, 0.3) is 11.1 Å². The van der Waals surface area contributed by atoms with Gasteiger partial charge in [-0.3, -0.25) is 9.59 Å². The minimum Gasteiger partial charge on any atom is -0.497 e. The highest BCUT2D eigenvalue weighted by Crippen LogP contribution is 2.35. The van der Waals surface area contributed by atoms with Crippen LogP contribution in [-0.2, 0) is 4.79 Å². The number of rotatable bonds is 4. The van der Waals surface area contributed by atoms with Gasteiger partial charge in [0, 0.05) is 17.6 Å². The Morgan fingerprint density at radius 3 is 2.36 bits per heavy atom. The molecule has 6 heteroatoms. The summed E-state index contributed by atoms with van der Waals surface area (Å²) in [5, 5.41) is -0.284. The molecule has 1 aliphatic rings. The van der Waals surface area contributed by atoms with Gasteiger partial charge in [0.05, 0.1) is 17.7 Å². The first-order valence-electron chi connectivity index (χ1n) is 8.73. The minimum atomic E-state index is -0.295. The number of carbonyl (C=O) groups excluding carboxylic acids is 2. The third kappa shape index (κ3) is 3.34. The van der Waals surface area contributed by atoms with Crippen LogP contribution < -0.4 is 9.64 Å². The number of imide groups is 1. The molecule has 0 N–H and O–H groups in total. The van der Waals surface area contributed by atoms with E-state index in [0.29, 0.717) is 10.6 Å². The van der Waals surface area contributed by atoms with E-state index in [4.69, 9.17) is 4.74 Å². The highest BCUT2D eigenvalue weighted by Gasteiger charge is 2.36. The first-order valence-corrected chi connectivity index (χ1v) is 9.55. The van der Waals surface area contributed by atoms with Crippen molar-refractivity contribution in [2.24, 2.45) is 0 Å². The van der Waals surface area contributed by atoms with Crippen molar-refractivity contribution in [1.82, 2.24) is 4.57 Å². The van der Waals surface area contributed by atoms with Crippen molar-refractivity contribution in [3.8, 4) is 11.4 Å². The van der Waals surface area contributed by atoms with Crippen LogP contribution in [0.15, 0.2) is 71.8 Å². The number of aromatic nitrogens is 1. The van der Waals surface area contributed by atoms with Crippen LogP contribution in [0, 0.1) is 6.92 Å². The standard InChI is InChI=1S/C22H18N2O3S/c1-15-12-16(14-23(15)17-8-10-19(27-2)11-9-17)13-20-21(25)24(22(26)28-20)18-6-4-3-5-7-18/h3-14H,1-2H3/b20-13+. The quantitative estimate of drug-likeness (QED) is 0.586. The van der Waals surface area contributed by atoms with E-state index in [0.717, 1.165) is 34.5 Å². The molecule has 1 saturated heterocycles. The van der Waals surface area contributed by atoms with Gasteiger partial charge in [-0.2, -0.15) is 0 Å². The summed E-state index contributed by atoms with van der Waals surface area (Å²) in [5.74, 6) is 0.499. The van der Waals surface area contributed by atoms with Gasteiger partial charge in [-0.25, -0.2) is 4.90 Å². The highest BCUT2D eigenvalue weighted by atomic mass is 32.2. The van der Waals surface area contributed by atoms with Gasteiger partial charge in [0.1, 0.15) is 5.75 Å². The summed E-state index contributed by atoms with van der Waals surface area (Å²) < 4.78 is 7.24. The van der Waals surface area contributed by atoms with Gasteiger partial charge in [0.2, 0.25) is 0 Å². The van der Waals surface area contributed by atoms with Crippen molar-refractivity contribution in [3.05, 3.63) is 83.0 Å². The number of para-hydroxylation sites is 1. The molecule has 0 unspecified atom stereocenters.